The van der Waals surface area contributed by atoms with E-state index >= 15 is 0 Å². The Morgan fingerprint density at radius 1 is 0.976 bits per heavy atom. The van der Waals surface area contributed by atoms with Gasteiger partial charge < -0.3 is 14.4 Å². The number of rotatable bonds is 7. The number of nitrogens with zero attached hydrogens (tertiary/aromatic N) is 6. The van der Waals surface area contributed by atoms with E-state index in [0.717, 1.165) is 29.6 Å². The molecule has 0 N–H and O–H groups in total. The van der Waals surface area contributed by atoms with Crippen LogP contribution in [-0.2, 0) is 11.3 Å². The molecule has 7 nitrogen and oxygen atoms in total. The number of carbonyl (C=O) groups excluding carboxylic acids is 1. The number of carbonyl (C=O) groups is 1. The summed E-state index contributed by atoms with van der Waals surface area (Å²) in [5.41, 5.74) is 6.39. The predicted molar refractivity (Wildman–Crippen MR) is 163 cm³/mol. The molecule has 1 aliphatic heterocycles. The number of piperazine rings is 1. The number of anilines is 1. The first kappa shape index (κ1) is 27.2. The van der Waals surface area contributed by atoms with E-state index in [0.29, 0.717) is 47.9 Å². The van der Waals surface area contributed by atoms with Crippen molar-refractivity contribution in [3.05, 3.63) is 89.2 Å². The fraction of sp³-hybridized carbons (Fsp3) is 0.312. The molecule has 41 heavy (non-hydrogen) atoms. The maximum Gasteiger partial charge on any atom is 0.236 e. The number of halogens is 1. The lowest BCUT2D eigenvalue weighted by atomic mass is 10.1. The number of amides is 1. The summed E-state index contributed by atoms with van der Waals surface area (Å²) >= 11 is 1.36. The van der Waals surface area contributed by atoms with Gasteiger partial charge in [-0.2, -0.15) is 0 Å². The molecule has 1 atom stereocenters. The second-order valence-electron chi connectivity index (χ2n) is 10.6. The second kappa shape index (κ2) is 11.5. The Labute approximate surface area is 243 Å². The van der Waals surface area contributed by atoms with Gasteiger partial charge in [0.25, 0.3) is 0 Å². The van der Waals surface area contributed by atoms with Crippen LogP contribution < -0.4 is 4.90 Å². The molecule has 9 heteroatoms. The maximum absolute atomic E-state index is 14.6. The number of aromatic nitrogens is 4. The van der Waals surface area contributed by atoms with Crippen molar-refractivity contribution in [3.8, 4) is 0 Å². The highest BCUT2D eigenvalue weighted by atomic mass is 32.2. The third-order valence-electron chi connectivity index (χ3n) is 7.83. The molecule has 6 rings (SSSR count). The van der Waals surface area contributed by atoms with Gasteiger partial charge in [-0.3, -0.25) is 4.79 Å². The maximum atomic E-state index is 14.6. The molecule has 2 aromatic heterocycles. The average Bonchev–Trinajstić information content (AvgIpc) is 3.28. The van der Waals surface area contributed by atoms with Crippen LogP contribution in [0.5, 0.6) is 0 Å². The fourth-order valence-corrected chi connectivity index (χ4v) is 6.49. The van der Waals surface area contributed by atoms with Crippen LogP contribution in [0.2, 0.25) is 0 Å². The molecular formula is C32H33FN6OS. The Morgan fingerprint density at radius 3 is 2.49 bits per heavy atom. The molecule has 1 aliphatic rings. The van der Waals surface area contributed by atoms with E-state index in [9.17, 15) is 9.18 Å². The summed E-state index contributed by atoms with van der Waals surface area (Å²) < 4.78 is 16.6. The van der Waals surface area contributed by atoms with Crippen LogP contribution >= 0.6 is 11.8 Å². The van der Waals surface area contributed by atoms with E-state index in [4.69, 9.17) is 4.98 Å². The van der Waals surface area contributed by atoms with Crippen LogP contribution in [0.15, 0.2) is 71.9 Å². The summed E-state index contributed by atoms with van der Waals surface area (Å²) in [5.74, 6) is -0.154. The smallest absolute Gasteiger partial charge is 0.236 e. The van der Waals surface area contributed by atoms with E-state index in [-0.39, 0.29) is 17.0 Å². The Kier molecular flexibility index (Phi) is 7.62. The van der Waals surface area contributed by atoms with E-state index in [1.54, 1.807) is 12.1 Å². The summed E-state index contributed by atoms with van der Waals surface area (Å²) in [5, 5.41) is 10.1. The van der Waals surface area contributed by atoms with Crippen molar-refractivity contribution in [1.82, 2.24) is 24.6 Å². The molecule has 0 radical (unpaired) electrons. The minimum atomic E-state index is -0.314. The first-order valence-corrected chi connectivity index (χ1v) is 14.9. The van der Waals surface area contributed by atoms with Crippen molar-refractivity contribution in [2.24, 2.45) is 0 Å². The van der Waals surface area contributed by atoms with Crippen molar-refractivity contribution < 1.29 is 9.18 Å². The number of hydrogen-bond acceptors (Lipinski definition) is 6. The molecule has 1 amide bonds. The van der Waals surface area contributed by atoms with E-state index in [2.05, 4.69) is 52.4 Å². The molecule has 210 valence electrons. The van der Waals surface area contributed by atoms with Crippen molar-refractivity contribution in [2.45, 2.75) is 44.1 Å². The van der Waals surface area contributed by atoms with Crippen LogP contribution in [0, 0.1) is 19.7 Å². The SMILES string of the molecule is CCC(Sc1nnc2c3cc(C)ccc3n(Cc3ccccc3F)c2n1)C(=O)N1CCN(c2ccccc2C)CC1. The summed E-state index contributed by atoms with van der Waals surface area (Å²) in [6, 6.07) is 21.3. The highest BCUT2D eigenvalue weighted by Crippen LogP contribution is 2.31. The number of para-hydroxylation sites is 1. The lowest BCUT2D eigenvalue weighted by molar-refractivity contribution is -0.130. The van der Waals surface area contributed by atoms with Crippen LogP contribution in [0.3, 0.4) is 0 Å². The summed E-state index contributed by atoms with van der Waals surface area (Å²) in [4.78, 5) is 22.8. The largest absolute Gasteiger partial charge is 0.368 e. The molecule has 1 saturated heterocycles. The van der Waals surface area contributed by atoms with Crippen molar-refractivity contribution in [1.29, 1.82) is 0 Å². The lowest BCUT2D eigenvalue weighted by Crippen LogP contribution is -2.51. The summed E-state index contributed by atoms with van der Waals surface area (Å²) in [6.45, 7) is 9.45. The first-order valence-electron chi connectivity index (χ1n) is 14.1. The van der Waals surface area contributed by atoms with Gasteiger partial charge in [-0.05, 0) is 50.1 Å². The van der Waals surface area contributed by atoms with Gasteiger partial charge in [-0.25, -0.2) is 9.37 Å². The minimum absolute atomic E-state index is 0.105. The van der Waals surface area contributed by atoms with Crippen molar-refractivity contribution in [3.63, 3.8) is 0 Å². The number of hydrogen-bond donors (Lipinski definition) is 0. The molecule has 1 unspecified atom stereocenters. The molecule has 0 saturated carbocycles. The molecule has 0 bridgehead atoms. The number of fused-ring (bicyclic) bond motifs is 3. The molecule has 0 spiro atoms. The fourth-order valence-electron chi connectivity index (χ4n) is 5.59. The monoisotopic (exact) mass is 568 g/mol. The van der Waals surface area contributed by atoms with Gasteiger partial charge in [-0.1, -0.05) is 66.7 Å². The highest BCUT2D eigenvalue weighted by molar-refractivity contribution is 8.00. The quantitative estimate of drug-likeness (QED) is 0.224. The molecule has 5 aromatic rings. The van der Waals surface area contributed by atoms with E-state index in [1.165, 1.54) is 29.1 Å². The van der Waals surface area contributed by atoms with Crippen LogP contribution in [0.1, 0.15) is 30.0 Å². The second-order valence-corrected chi connectivity index (χ2v) is 11.7. The zero-order valence-corrected chi connectivity index (χ0v) is 24.4. The number of benzene rings is 3. The van der Waals surface area contributed by atoms with Crippen LogP contribution in [-0.4, -0.2) is 62.0 Å². The predicted octanol–water partition coefficient (Wildman–Crippen LogP) is 6.00. The molecule has 3 heterocycles. The molecular weight excluding hydrogens is 535 g/mol. The Bertz CT molecular complexity index is 1730. The van der Waals surface area contributed by atoms with E-state index in [1.807, 2.05) is 41.5 Å². The van der Waals surface area contributed by atoms with Gasteiger partial charge in [0.15, 0.2) is 5.65 Å². The number of thioether (sulfide) groups is 1. The first-order chi connectivity index (χ1) is 19.9. The Balaban J connectivity index is 1.25. The van der Waals surface area contributed by atoms with Gasteiger partial charge in [0.05, 0.1) is 17.3 Å². The van der Waals surface area contributed by atoms with Gasteiger partial charge in [0, 0.05) is 42.8 Å². The highest BCUT2D eigenvalue weighted by Gasteiger charge is 2.29. The van der Waals surface area contributed by atoms with Crippen LogP contribution in [0.4, 0.5) is 10.1 Å². The number of aryl methyl sites for hydroxylation is 2. The molecule has 1 fully saturated rings. The van der Waals surface area contributed by atoms with Gasteiger partial charge in [0.2, 0.25) is 11.1 Å². The van der Waals surface area contributed by atoms with Crippen molar-refractivity contribution in [2.75, 3.05) is 31.1 Å². The lowest BCUT2D eigenvalue weighted by Gasteiger charge is -2.38. The molecule has 3 aromatic carbocycles. The normalized spacial score (nSPS) is 14.6. The standard InChI is InChI=1S/C32H33FN6OS/c1-4-28(31(40)38-17-15-37(16-18-38)26-12-8-5-9-22(26)3)41-32-34-30-29(35-36-32)24-19-21(2)13-14-27(24)39(30)20-23-10-6-7-11-25(23)33/h5-14,19,28H,4,15-18,20H2,1-3H3. The van der Waals surface area contributed by atoms with Gasteiger partial charge in [-0.15, -0.1) is 10.2 Å². The average molecular weight is 569 g/mol. The summed E-state index contributed by atoms with van der Waals surface area (Å²) in [7, 11) is 0. The zero-order chi connectivity index (χ0) is 28.5. The van der Waals surface area contributed by atoms with Crippen molar-refractivity contribution >= 4 is 45.4 Å². The minimum Gasteiger partial charge on any atom is -0.368 e. The zero-order valence-electron chi connectivity index (χ0n) is 23.5. The Hall–Kier alpha value is -3.98. The van der Waals surface area contributed by atoms with Crippen LogP contribution in [0.25, 0.3) is 22.1 Å². The topological polar surface area (TPSA) is 67.2 Å². The molecule has 0 aliphatic carbocycles. The third-order valence-corrected chi connectivity index (χ3v) is 9.03. The van der Waals surface area contributed by atoms with Gasteiger partial charge in [0.1, 0.15) is 11.3 Å². The third kappa shape index (κ3) is 5.38. The van der Waals surface area contributed by atoms with E-state index < -0.39 is 0 Å². The Morgan fingerprint density at radius 2 is 1.73 bits per heavy atom. The summed E-state index contributed by atoms with van der Waals surface area (Å²) in [6.07, 6.45) is 0.653. The van der Waals surface area contributed by atoms with Gasteiger partial charge >= 0.3 is 0 Å².